The number of allylic oxidation sites excluding steroid dienone is 1. The molecule has 2 aliphatic heterocycles. The smallest absolute Gasteiger partial charge is 0.346 e. The number of carbonyl (C=O) groups is 2. The number of esters is 2. The van der Waals surface area contributed by atoms with Gasteiger partial charge in [0.1, 0.15) is 11.5 Å². The van der Waals surface area contributed by atoms with Crippen LogP contribution in [0.2, 0.25) is 0 Å². The molecule has 0 aliphatic carbocycles. The second-order valence-corrected chi connectivity index (χ2v) is 7.47. The summed E-state index contributed by atoms with van der Waals surface area (Å²) >= 11 is 0. The zero-order valence-corrected chi connectivity index (χ0v) is 16.4. The van der Waals surface area contributed by atoms with Gasteiger partial charge in [-0.25, -0.2) is 9.59 Å². The van der Waals surface area contributed by atoms with Crippen LogP contribution in [0.4, 0.5) is 5.69 Å². The normalized spacial score (nSPS) is 18.3. The van der Waals surface area contributed by atoms with Crippen molar-refractivity contribution < 1.29 is 18.7 Å². The topological polar surface area (TPSA) is 59.8 Å². The SMILES string of the molecule is CC(C)=C1C(=O)OC(=O)/C1=C/c1cc(-c2ccc(N3CCCC3)cc2)oc1C. The maximum atomic E-state index is 12.1. The van der Waals surface area contributed by atoms with Crippen LogP contribution in [0.3, 0.4) is 0 Å². The zero-order chi connectivity index (χ0) is 19.8. The summed E-state index contributed by atoms with van der Waals surface area (Å²) in [4.78, 5) is 26.4. The summed E-state index contributed by atoms with van der Waals surface area (Å²) in [5.74, 6) is 0.216. The Morgan fingerprint density at radius 3 is 2.36 bits per heavy atom. The Morgan fingerprint density at radius 2 is 1.71 bits per heavy atom. The van der Waals surface area contributed by atoms with Gasteiger partial charge in [-0.15, -0.1) is 0 Å². The van der Waals surface area contributed by atoms with E-state index >= 15 is 0 Å². The maximum absolute atomic E-state index is 12.1. The summed E-state index contributed by atoms with van der Waals surface area (Å²) in [5.41, 5.74) is 4.34. The standard InChI is InChI=1S/C23H23NO4/c1-14(2)21-19(22(25)28-23(21)26)12-17-13-20(27-15(17)3)16-6-8-18(9-7-16)24-10-4-5-11-24/h6-9,12-13H,4-5,10-11H2,1-3H3/b19-12+. The molecule has 0 atom stereocenters. The molecule has 1 aromatic heterocycles. The van der Waals surface area contributed by atoms with Gasteiger partial charge < -0.3 is 14.1 Å². The minimum atomic E-state index is -0.613. The van der Waals surface area contributed by atoms with E-state index in [1.54, 1.807) is 19.9 Å². The fraction of sp³-hybridized carbons (Fsp3) is 0.304. The Morgan fingerprint density at radius 1 is 1.04 bits per heavy atom. The summed E-state index contributed by atoms with van der Waals surface area (Å²) in [6.45, 7) is 7.65. The Kier molecular flexibility index (Phi) is 4.67. The Bertz CT molecular complexity index is 998. The highest BCUT2D eigenvalue weighted by Gasteiger charge is 2.34. The van der Waals surface area contributed by atoms with Gasteiger partial charge in [-0.05, 0) is 70.0 Å². The minimum Gasteiger partial charge on any atom is -0.461 e. The second-order valence-electron chi connectivity index (χ2n) is 7.47. The number of benzene rings is 1. The Labute approximate surface area is 164 Å². The van der Waals surface area contributed by atoms with E-state index in [2.05, 4.69) is 29.2 Å². The molecule has 0 bridgehead atoms. The monoisotopic (exact) mass is 377 g/mol. The quantitative estimate of drug-likeness (QED) is 0.442. The van der Waals surface area contributed by atoms with Crippen LogP contribution < -0.4 is 4.90 Å². The molecule has 2 aliphatic rings. The Balaban J connectivity index is 1.65. The fourth-order valence-electron chi connectivity index (χ4n) is 3.76. The summed E-state index contributed by atoms with van der Waals surface area (Å²) in [6.07, 6.45) is 4.17. The molecule has 4 rings (SSSR count). The number of rotatable bonds is 3. The van der Waals surface area contributed by atoms with Gasteiger partial charge >= 0.3 is 11.9 Å². The lowest BCUT2D eigenvalue weighted by molar-refractivity contribution is -0.149. The fourth-order valence-corrected chi connectivity index (χ4v) is 3.76. The van der Waals surface area contributed by atoms with Crippen molar-refractivity contribution in [2.24, 2.45) is 0 Å². The van der Waals surface area contributed by atoms with Crippen molar-refractivity contribution in [3.8, 4) is 11.3 Å². The van der Waals surface area contributed by atoms with Crippen molar-refractivity contribution in [1.82, 2.24) is 0 Å². The number of anilines is 1. The van der Waals surface area contributed by atoms with E-state index in [4.69, 9.17) is 9.15 Å². The third-order valence-electron chi connectivity index (χ3n) is 5.26. The van der Waals surface area contributed by atoms with Crippen LogP contribution in [0.25, 0.3) is 17.4 Å². The molecular formula is C23H23NO4. The van der Waals surface area contributed by atoms with E-state index in [1.807, 2.05) is 13.0 Å². The lowest BCUT2D eigenvalue weighted by Gasteiger charge is -2.17. The maximum Gasteiger partial charge on any atom is 0.346 e. The van der Waals surface area contributed by atoms with Crippen molar-refractivity contribution in [3.63, 3.8) is 0 Å². The third kappa shape index (κ3) is 3.28. The predicted octanol–water partition coefficient (Wildman–Crippen LogP) is 4.66. The van der Waals surface area contributed by atoms with Crippen LogP contribution in [-0.2, 0) is 14.3 Å². The van der Waals surface area contributed by atoms with Crippen molar-refractivity contribution in [1.29, 1.82) is 0 Å². The number of nitrogens with zero attached hydrogens (tertiary/aromatic N) is 1. The number of furan rings is 1. The van der Waals surface area contributed by atoms with Gasteiger partial charge in [-0.3, -0.25) is 0 Å². The van der Waals surface area contributed by atoms with Crippen LogP contribution in [0, 0.1) is 6.92 Å². The van der Waals surface area contributed by atoms with E-state index in [1.165, 1.54) is 18.5 Å². The molecule has 0 unspecified atom stereocenters. The number of hydrogen-bond acceptors (Lipinski definition) is 5. The summed E-state index contributed by atoms with van der Waals surface area (Å²) in [6, 6.07) is 10.2. The first kappa shape index (κ1) is 18.3. The molecule has 2 fully saturated rings. The van der Waals surface area contributed by atoms with E-state index in [0.717, 1.165) is 35.5 Å². The summed E-state index contributed by atoms with van der Waals surface area (Å²) < 4.78 is 10.7. The van der Waals surface area contributed by atoms with Gasteiger partial charge in [0.25, 0.3) is 0 Å². The zero-order valence-electron chi connectivity index (χ0n) is 16.4. The number of carbonyl (C=O) groups excluding carboxylic acids is 2. The Hall–Kier alpha value is -3.08. The van der Waals surface area contributed by atoms with E-state index in [0.29, 0.717) is 11.3 Å². The first-order valence-electron chi connectivity index (χ1n) is 9.56. The van der Waals surface area contributed by atoms with Crippen LogP contribution in [0.5, 0.6) is 0 Å². The molecule has 0 N–H and O–H groups in total. The van der Waals surface area contributed by atoms with Gasteiger partial charge in [-0.2, -0.15) is 0 Å². The van der Waals surface area contributed by atoms with Gasteiger partial charge in [0.15, 0.2) is 0 Å². The molecule has 2 saturated heterocycles. The molecule has 5 nitrogen and oxygen atoms in total. The molecule has 0 radical (unpaired) electrons. The van der Waals surface area contributed by atoms with Crippen molar-refractivity contribution in [2.75, 3.05) is 18.0 Å². The molecular weight excluding hydrogens is 354 g/mol. The number of cyclic esters (lactones) is 2. The molecule has 0 spiro atoms. The highest BCUT2D eigenvalue weighted by molar-refractivity contribution is 6.20. The average molecular weight is 377 g/mol. The van der Waals surface area contributed by atoms with E-state index < -0.39 is 11.9 Å². The van der Waals surface area contributed by atoms with Gasteiger partial charge in [-0.1, -0.05) is 5.57 Å². The van der Waals surface area contributed by atoms with Crippen molar-refractivity contribution >= 4 is 23.7 Å². The molecule has 2 aromatic rings. The van der Waals surface area contributed by atoms with Crippen LogP contribution in [-0.4, -0.2) is 25.0 Å². The molecule has 144 valence electrons. The lowest BCUT2D eigenvalue weighted by Crippen LogP contribution is -2.17. The highest BCUT2D eigenvalue weighted by Crippen LogP contribution is 2.32. The second kappa shape index (κ2) is 7.15. The van der Waals surface area contributed by atoms with Crippen LogP contribution in [0.15, 0.2) is 51.5 Å². The van der Waals surface area contributed by atoms with Crippen LogP contribution in [0.1, 0.15) is 38.0 Å². The number of hydrogen-bond donors (Lipinski definition) is 0. The largest absolute Gasteiger partial charge is 0.461 e. The molecule has 1 aromatic carbocycles. The van der Waals surface area contributed by atoms with E-state index in [9.17, 15) is 9.59 Å². The van der Waals surface area contributed by atoms with Crippen molar-refractivity contribution in [3.05, 3.63) is 58.4 Å². The molecule has 3 heterocycles. The average Bonchev–Trinajstić information content (AvgIpc) is 3.37. The van der Waals surface area contributed by atoms with Crippen LogP contribution >= 0.6 is 0 Å². The number of ether oxygens (including phenoxy) is 1. The van der Waals surface area contributed by atoms with Crippen molar-refractivity contribution in [2.45, 2.75) is 33.6 Å². The van der Waals surface area contributed by atoms with Gasteiger partial charge in [0, 0.05) is 29.9 Å². The molecule has 28 heavy (non-hydrogen) atoms. The van der Waals surface area contributed by atoms with E-state index in [-0.39, 0.29) is 5.57 Å². The summed E-state index contributed by atoms with van der Waals surface area (Å²) in [7, 11) is 0. The minimum absolute atomic E-state index is 0.282. The predicted molar refractivity (Wildman–Crippen MR) is 108 cm³/mol. The molecule has 0 amide bonds. The third-order valence-corrected chi connectivity index (χ3v) is 5.26. The highest BCUT2D eigenvalue weighted by atomic mass is 16.6. The first-order chi connectivity index (χ1) is 13.4. The molecule has 0 saturated carbocycles. The first-order valence-corrected chi connectivity index (χ1v) is 9.56. The van der Waals surface area contributed by atoms with Gasteiger partial charge in [0.2, 0.25) is 0 Å². The summed E-state index contributed by atoms with van der Waals surface area (Å²) in [5, 5.41) is 0. The van der Waals surface area contributed by atoms with Gasteiger partial charge in [0.05, 0.1) is 11.1 Å². The molecule has 5 heteroatoms. The lowest BCUT2D eigenvalue weighted by atomic mass is 10.0. The number of aryl methyl sites for hydroxylation is 1.